The minimum atomic E-state index is -2.19. The second kappa shape index (κ2) is 12.2. The average molecular weight is 715 g/mol. The highest BCUT2D eigenvalue weighted by molar-refractivity contribution is 6.71. The molecule has 0 saturated heterocycles. The Kier molecular flexibility index (Phi) is 10.2. The van der Waals surface area contributed by atoms with Crippen molar-refractivity contribution in [1.29, 1.82) is 0 Å². The predicted octanol–water partition coefficient (Wildman–Crippen LogP) is 7.68. The van der Waals surface area contributed by atoms with Crippen LogP contribution >= 0.6 is 0 Å². The Morgan fingerprint density at radius 1 is 0.739 bits per heavy atom. The van der Waals surface area contributed by atoms with Gasteiger partial charge in [-0.25, -0.2) is 0 Å². The number of hydrogen-bond acceptors (Lipinski definition) is 8. The number of carbonyl (C=O) groups is 2. The fourth-order valence-corrected chi connectivity index (χ4v) is 15.3. The quantitative estimate of drug-likeness (QED) is 0.159. The molecule has 1 spiro atoms. The first kappa shape index (κ1) is 38.4. The van der Waals surface area contributed by atoms with E-state index >= 15 is 0 Å². The summed E-state index contributed by atoms with van der Waals surface area (Å²) < 4.78 is 39.6. The van der Waals surface area contributed by atoms with Crippen LogP contribution in [-0.2, 0) is 36.8 Å². The molecule has 0 radical (unpaired) electrons. The number of ether oxygens (including phenoxy) is 2. The summed E-state index contributed by atoms with van der Waals surface area (Å²) in [5, 5.41) is 0. The molecule has 0 amide bonds. The fourth-order valence-electron chi connectivity index (χ4n) is 10.8. The van der Waals surface area contributed by atoms with Gasteiger partial charge in [-0.15, -0.1) is 0 Å². The molecule has 10 atom stereocenters. The highest BCUT2D eigenvalue weighted by Crippen LogP contribution is 2.79. The molecule has 1 unspecified atom stereocenters. The number of hydrogen-bond donors (Lipinski definition) is 0. The number of esters is 2. The minimum absolute atomic E-state index is 0.189. The SMILES string of the molecule is COC(=O)[C@H]1[C@H]2[C@@](C)(C[C@H](O[Si](C)(C)C)[C@H](O[Si](C)(C)C)[C@@]2(C)C(=O)OC)[C@@H]2CCC3C[C@]12C[C@@]3(CO[Si](C)(C)C)O[Si](C)(C)C. The summed E-state index contributed by atoms with van der Waals surface area (Å²) in [6.07, 6.45) is 3.54. The maximum absolute atomic E-state index is 14.5. The Morgan fingerprint density at radius 3 is 1.80 bits per heavy atom. The van der Waals surface area contributed by atoms with Gasteiger partial charge in [0.2, 0.25) is 0 Å². The average Bonchev–Trinajstić information content (AvgIpc) is 3.24. The fraction of sp³-hybridized carbons (Fsp3) is 0.941. The molecule has 4 saturated carbocycles. The van der Waals surface area contributed by atoms with E-state index in [1.54, 1.807) is 0 Å². The maximum Gasteiger partial charge on any atom is 0.314 e. The van der Waals surface area contributed by atoms with Gasteiger partial charge in [0.25, 0.3) is 0 Å². The molecule has 0 aromatic heterocycles. The normalized spacial score (nSPS) is 41.1. The molecule has 4 rings (SSSR count). The summed E-state index contributed by atoms with van der Waals surface area (Å²) in [4.78, 5) is 28.9. The second-order valence-corrected chi connectivity index (χ2v) is 37.4. The van der Waals surface area contributed by atoms with Gasteiger partial charge >= 0.3 is 11.9 Å². The lowest BCUT2D eigenvalue weighted by Crippen LogP contribution is -2.66. The summed E-state index contributed by atoms with van der Waals surface area (Å²) in [5.41, 5.74) is -2.37. The van der Waals surface area contributed by atoms with Crippen molar-refractivity contribution in [3.8, 4) is 0 Å². The van der Waals surface area contributed by atoms with Crippen LogP contribution in [0.15, 0.2) is 0 Å². The lowest BCUT2D eigenvalue weighted by atomic mass is 9.51. The zero-order valence-electron chi connectivity index (χ0n) is 32.0. The standard InChI is InChI=1S/C34H66O8Si4/c1-31-20-24(40-44(8,9)10)28(41-45(11,12)13)32(2,30(36)38-4)27(31)26(29(35)37-3)33-19-23(17-18-25(31)33)34(21-33,42-46(14,15)16)22-39-43(5,6)7/h23-28H,17-22H2,1-16H3/t23?,24-,25-,26+,27-,28-,31-,32-,33+,34-/m0/s1. The molecular formula is C34H66O8Si4. The largest absolute Gasteiger partial charge is 0.469 e. The van der Waals surface area contributed by atoms with Crippen LogP contribution in [-0.4, -0.2) is 83.8 Å². The summed E-state index contributed by atoms with van der Waals surface area (Å²) in [7, 11) is -5.17. The molecular weight excluding hydrogens is 649 g/mol. The number of fused-ring (bicyclic) bond motifs is 3. The van der Waals surface area contributed by atoms with Crippen molar-refractivity contribution in [3.63, 3.8) is 0 Å². The van der Waals surface area contributed by atoms with Gasteiger partial charge in [0.1, 0.15) is 0 Å². The summed E-state index contributed by atoms with van der Waals surface area (Å²) in [5.74, 6) is -0.920. The first-order valence-electron chi connectivity index (χ1n) is 17.5. The molecule has 0 heterocycles. The third kappa shape index (κ3) is 6.85. The van der Waals surface area contributed by atoms with Crippen LogP contribution in [0.3, 0.4) is 0 Å². The van der Waals surface area contributed by atoms with Gasteiger partial charge in [0, 0.05) is 0 Å². The highest BCUT2D eigenvalue weighted by Gasteiger charge is 2.80. The van der Waals surface area contributed by atoms with E-state index in [0.717, 1.165) is 32.1 Å². The van der Waals surface area contributed by atoms with Crippen molar-refractivity contribution >= 4 is 45.2 Å². The van der Waals surface area contributed by atoms with Crippen LogP contribution < -0.4 is 0 Å². The molecule has 0 N–H and O–H groups in total. The van der Waals surface area contributed by atoms with Crippen LogP contribution in [0.5, 0.6) is 0 Å². The Labute approximate surface area is 284 Å². The van der Waals surface area contributed by atoms with Crippen LogP contribution in [0.25, 0.3) is 0 Å². The monoisotopic (exact) mass is 714 g/mol. The van der Waals surface area contributed by atoms with Crippen molar-refractivity contribution < 1.29 is 36.8 Å². The molecule has 4 aliphatic rings. The van der Waals surface area contributed by atoms with Crippen LogP contribution in [0.2, 0.25) is 78.6 Å². The highest BCUT2D eigenvalue weighted by atomic mass is 28.4. The van der Waals surface area contributed by atoms with Gasteiger partial charge in [-0.3, -0.25) is 9.59 Å². The van der Waals surface area contributed by atoms with Gasteiger partial charge in [-0.1, -0.05) is 6.92 Å². The van der Waals surface area contributed by atoms with E-state index in [4.69, 9.17) is 27.2 Å². The number of methoxy groups -OCH3 is 2. The summed E-state index contributed by atoms with van der Waals surface area (Å²) in [6, 6.07) is 0. The minimum Gasteiger partial charge on any atom is -0.469 e. The van der Waals surface area contributed by atoms with Crippen molar-refractivity contribution in [2.24, 2.45) is 39.9 Å². The zero-order valence-corrected chi connectivity index (χ0v) is 36.0. The molecule has 2 bridgehead atoms. The van der Waals surface area contributed by atoms with Gasteiger partial charge in [-0.05, 0) is 146 Å². The van der Waals surface area contributed by atoms with E-state index < -0.39 is 61.7 Å². The molecule has 4 fully saturated rings. The third-order valence-electron chi connectivity index (χ3n) is 11.5. The number of carbonyl (C=O) groups excluding carboxylic acids is 2. The molecule has 0 aromatic carbocycles. The Balaban J connectivity index is 1.99. The number of rotatable bonds is 11. The van der Waals surface area contributed by atoms with Gasteiger partial charge < -0.3 is 27.2 Å². The lowest BCUT2D eigenvalue weighted by Gasteiger charge is -2.58. The van der Waals surface area contributed by atoms with Gasteiger partial charge in [0.15, 0.2) is 33.3 Å². The summed E-state index contributed by atoms with van der Waals surface area (Å²) in [6.45, 7) is 31.5. The van der Waals surface area contributed by atoms with Gasteiger partial charge in [0.05, 0.1) is 50.0 Å². The van der Waals surface area contributed by atoms with E-state index in [2.05, 4.69) is 85.5 Å². The van der Waals surface area contributed by atoms with Crippen molar-refractivity contribution in [3.05, 3.63) is 0 Å². The second-order valence-electron chi connectivity index (χ2n) is 19.5. The Bertz CT molecular complexity index is 1170. The summed E-state index contributed by atoms with van der Waals surface area (Å²) >= 11 is 0. The Hall–Kier alpha value is -0.352. The maximum atomic E-state index is 14.5. The molecule has 0 aromatic rings. The molecule has 12 heteroatoms. The zero-order chi connectivity index (χ0) is 35.1. The van der Waals surface area contributed by atoms with Crippen LogP contribution in [0.1, 0.15) is 46.0 Å². The molecule has 266 valence electrons. The molecule has 8 nitrogen and oxygen atoms in total. The lowest BCUT2D eigenvalue weighted by molar-refractivity contribution is -0.199. The topological polar surface area (TPSA) is 89.5 Å². The van der Waals surface area contributed by atoms with Crippen molar-refractivity contribution in [2.45, 2.75) is 142 Å². The first-order chi connectivity index (χ1) is 20.7. The van der Waals surface area contributed by atoms with Crippen molar-refractivity contribution in [1.82, 2.24) is 0 Å². The van der Waals surface area contributed by atoms with Gasteiger partial charge in [-0.2, -0.15) is 0 Å². The van der Waals surface area contributed by atoms with E-state index in [1.165, 1.54) is 14.2 Å². The van der Waals surface area contributed by atoms with Crippen LogP contribution in [0, 0.1) is 39.9 Å². The third-order valence-corrected chi connectivity index (χ3v) is 15.5. The Morgan fingerprint density at radius 2 is 1.33 bits per heavy atom. The smallest absolute Gasteiger partial charge is 0.314 e. The van der Waals surface area contributed by atoms with E-state index in [1.807, 2.05) is 6.92 Å². The first-order valence-corrected chi connectivity index (χ1v) is 31.2. The van der Waals surface area contributed by atoms with E-state index in [9.17, 15) is 9.59 Å². The molecule has 4 aliphatic carbocycles. The molecule has 0 aliphatic heterocycles. The molecule has 46 heavy (non-hydrogen) atoms. The predicted molar refractivity (Wildman–Crippen MR) is 193 cm³/mol. The van der Waals surface area contributed by atoms with Crippen LogP contribution in [0.4, 0.5) is 0 Å². The van der Waals surface area contributed by atoms with E-state index in [0.29, 0.717) is 6.61 Å². The van der Waals surface area contributed by atoms with E-state index in [-0.39, 0.29) is 41.2 Å². The van der Waals surface area contributed by atoms with Crippen molar-refractivity contribution in [2.75, 3.05) is 20.8 Å².